The van der Waals surface area contributed by atoms with Crippen molar-refractivity contribution in [3.63, 3.8) is 0 Å². The van der Waals surface area contributed by atoms with E-state index in [9.17, 15) is 9.59 Å². The number of rotatable bonds is 7. The summed E-state index contributed by atoms with van der Waals surface area (Å²) in [7, 11) is 3.49. The van der Waals surface area contributed by atoms with Crippen molar-refractivity contribution in [2.75, 3.05) is 33.8 Å². The Kier molecular flexibility index (Phi) is 9.60. The lowest BCUT2D eigenvalue weighted by atomic mass is 9.95. The van der Waals surface area contributed by atoms with Crippen LogP contribution < -0.4 is 15.4 Å². The van der Waals surface area contributed by atoms with Gasteiger partial charge in [0.05, 0.1) is 12.7 Å². The summed E-state index contributed by atoms with van der Waals surface area (Å²) in [6.45, 7) is 6.40. The molecule has 7 heteroatoms. The number of ether oxygens (including phenoxy) is 1. The molecule has 2 N–H and O–H groups in total. The molecule has 1 aliphatic rings. The molecule has 1 unspecified atom stereocenters. The monoisotopic (exact) mass is 397 g/mol. The minimum Gasteiger partial charge on any atom is -0.496 e. The molecule has 152 valence electrons. The summed E-state index contributed by atoms with van der Waals surface area (Å²) in [5.41, 5.74) is 0.446. The molecule has 1 fully saturated rings. The van der Waals surface area contributed by atoms with Crippen LogP contribution in [0.25, 0.3) is 0 Å². The number of halogens is 1. The molecule has 0 aromatic heterocycles. The summed E-state index contributed by atoms with van der Waals surface area (Å²) in [6.07, 6.45) is 2.00. The molecule has 0 radical (unpaired) electrons. The number of carbonyl (C=O) groups excluding carboxylic acids is 2. The highest BCUT2D eigenvalue weighted by Crippen LogP contribution is 2.20. The highest BCUT2D eigenvalue weighted by atomic mass is 35.5. The smallest absolute Gasteiger partial charge is 0.255 e. The molecule has 27 heavy (non-hydrogen) atoms. The van der Waals surface area contributed by atoms with Crippen LogP contribution in [0.5, 0.6) is 5.75 Å². The summed E-state index contributed by atoms with van der Waals surface area (Å²) < 4.78 is 5.26. The molecular weight excluding hydrogens is 366 g/mol. The molecule has 2 amide bonds. The first-order valence-electron chi connectivity index (χ1n) is 9.35. The SMILES string of the molecule is CNCC1CCN(C(=O)C(NC(=O)c2ccccc2OC)C(C)C)CC1.Cl. The Morgan fingerprint density at radius 1 is 1.22 bits per heavy atom. The number of benzene rings is 1. The molecule has 1 aliphatic heterocycles. The van der Waals surface area contributed by atoms with E-state index in [4.69, 9.17) is 4.74 Å². The van der Waals surface area contributed by atoms with E-state index >= 15 is 0 Å². The Bertz CT molecular complexity index is 616. The molecule has 0 saturated carbocycles. The number of carbonyl (C=O) groups is 2. The summed E-state index contributed by atoms with van der Waals surface area (Å²) in [5, 5.41) is 6.12. The lowest BCUT2D eigenvalue weighted by Crippen LogP contribution is -2.53. The molecule has 1 aromatic rings. The fraction of sp³-hybridized carbons (Fsp3) is 0.600. The van der Waals surface area contributed by atoms with Gasteiger partial charge in [-0.3, -0.25) is 9.59 Å². The van der Waals surface area contributed by atoms with Crippen LogP contribution in [0.4, 0.5) is 0 Å². The van der Waals surface area contributed by atoms with Crippen molar-refractivity contribution in [2.24, 2.45) is 11.8 Å². The van der Waals surface area contributed by atoms with Crippen LogP contribution in [0.1, 0.15) is 37.0 Å². The Morgan fingerprint density at radius 2 is 1.85 bits per heavy atom. The second kappa shape index (κ2) is 11.1. The van der Waals surface area contributed by atoms with Crippen LogP contribution in [0, 0.1) is 11.8 Å². The predicted molar refractivity (Wildman–Crippen MR) is 110 cm³/mol. The van der Waals surface area contributed by atoms with Gasteiger partial charge in [0.1, 0.15) is 11.8 Å². The van der Waals surface area contributed by atoms with Crippen molar-refractivity contribution >= 4 is 24.2 Å². The second-order valence-corrected chi connectivity index (χ2v) is 7.22. The number of hydrogen-bond acceptors (Lipinski definition) is 4. The van der Waals surface area contributed by atoms with E-state index in [-0.39, 0.29) is 30.1 Å². The van der Waals surface area contributed by atoms with E-state index in [0.29, 0.717) is 17.2 Å². The summed E-state index contributed by atoms with van der Waals surface area (Å²) >= 11 is 0. The van der Waals surface area contributed by atoms with Crippen LogP contribution in [0.15, 0.2) is 24.3 Å². The van der Waals surface area contributed by atoms with E-state index in [1.807, 2.05) is 31.9 Å². The topological polar surface area (TPSA) is 70.7 Å². The van der Waals surface area contributed by atoms with Gasteiger partial charge >= 0.3 is 0 Å². The molecular formula is C20H32ClN3O3. The number of nitrogens with one attached hydrogen (secondary N) is 2. The van der Waals surface area contributed by atoms with Gasteiger partial charge in [0.15, 0.2) is 0 Å². The number of nitrogens with zero attached hydrogens (tertiary/aromatic N) is 1. The summed E-state index contributed by atoms with van der Waals surface area (Å²) in [5.74, 6) is 0.861. The lowest BCUT2D eigenvalue weighted by Gasteiger charge is -2.35. The van der Waals surface area contributed by atoms with Crippen molar-refractivity contribution in [2.45, 2.75) is 32.7 Å². The Hall–Kier alpha value is -1.79. The van der Waals surface area contributed by atoms with Gasteiger partial charge < -0.3 is 20.3 Å². The van der Waals surface area contributed by atoms with E-state index in [2.05, 4.69) is 10.6 Å². The van der Waals surface area contributed by atoms with Crippen LogP contribution in [-0.4, -0.2) is 56.5 Å². The molecule has 0 spiro atoms. The third-order valence-corrected chi connectivity index (χ3v) is 4.99. The maximum absolute atomic E-state index is 13.0. The number of hydrogen-bond donors (Lipinski definition) is 2. The zero-order chi connectivity index (χ0) is 19.1. The fourth-order valence-corrected chi connectivity index (χ4v) is 3.41. The van der Waals surface area contributed by atoms with Gasteiger partial charge in [-0.05, 0) is 50.4 Å². The molecule has 0 aliphatic carbocycles. The van der Waals surface area contributed by atoms with Crippen molar-refractivity contribution in [3.05, 3.63) is 29.8 Å². The minimum atomic E-state index is -0.534. The van der Waals surface area contributed by atoms with Gasteiger partial charge in [0.25, 0.3) is 5.91 Å². The Morgan fingerprint density at radius 3 is 2.41 bits per heavy atom. The highest BCUT2D eigenvalue weighted by molar-refractivity contribution is 5.99. The molecule has 6 nitrogen and oxygen atoms in total. The fourth-order valence-electron chi connectivity index (χ4n) is 3.41. The number of likely N-dealkylation sites (tertiary alicyclic amines) is 1. The van der Waals surface area contributed by atoms with Crippen molar-refractivity contribution < 1.29 is 14.3 Å². The average Bonchev–Trinajstić information content (AvgIpc) is 2.66. The number of piperidine rings is 1. The molecule has 2 rings (SSSR count). The molecule has 1 aromatic carbocycles. The van der Waals surface area contributed by atoms with Crippen LogP contribution >= 0.6 is 12.4 Å². The largest absolute Gasteiger partial charge is 0.496 e. The van der Waals surface area contributed by atoms with E-state index in [1.54, 1.807) is 18.2 Å². The minimum absolute atomic E-state index is 0. The third-order valence-electron chi connectivity index (χ3n) is 4.99. The number of methoxy groups -OCH3 is 1. The third kappa shape index (κ3) is 6.11. The standard InChI is InChI=1S/C20H31N3O3.ClH/c1-14(2)18(20(25)23-11-9-15(10-12-23)13-21-3)22-19(24)16-7-5-6-8-17(16)26-4;/h5-8,14-15,18,21H,9-13H2,1-4H3,(H,22,24);1H. The van der Waals surface area contributed by atoms with Gasteiger partial charge in [-0.2, -0.15) is 0 Å². The maximum Gasteiger partial charge on any atom is 0.255 e. The van der Waals surface area contributed by atoms with Gasteiger partial charge in [-0.1, -0.05) is 26.0 Å². The highest BCUT2D eigenvalue weighted by Gasteiger charge is 2.31. The summed E-state index contributed by atoms with van der Waals surface area (Å²) in [4.78, 5) is 27.6. The van der Waals surface area contributed by atoms with Crippen LogP contribution in [0.2, 0.25) is 0 Å². The second-order valence-electron chi connectivity index (χ2n) is 7.22. The first-order valence-corrected chi connectivity index (χ1v) is 9.35. The maximum atomic E-state index is 13.0. The molecule has 1 saturated heterocycles. The van der Waals surface area contributed by atoms with Gasteiger partial charge in [0, 0.05) is 13.1 Å². The normalized spacial score (nSPS) is 15.8. The summed E-state index contributed by atoms with van der Waals surface area (Å²) in [6, 6.07) is 6.52. The van der Waals surface area contributed by atoms with E-state index in [0.717, 1.165) is 32.5 Å². The van der Waals surface area contributed by atoms with Gasteiger partial charge in [0.2, 0.25) is 5.91 Å². The predicted octanol–water partition coefficient (Wildman–Crippen LogP) is 2.33. The lowest BCUT2D eigenvalue weighted by molar-refractivity contribution is -0.135. The zero-order valence-corrected chi connectivity index (χ0v) is 17.5. The van der Waals surface area contributed by atoms with Gasteiger partial charge in [-0.15, -0.1) is 12.4 Å². The van der Waals surface area contributed by atoms with Crippen LogP contribution in [-0.2, 0) is 4.79 Å². The molecule has 0 bridgehead atoms. The Balaban J connectivity index is 0.00000364. The first kappa shape index (κ1) is 23.2. The van der Waals surface area contributed by atoms with Gasteiger partial charge in [-0.25, -0.2) is 0 Å². The van der Waals surface area contributed by atoms with Crippen molar-refractivity contribution in [1.82, 2.24) is 15.5 Å². The molecule has 1 atom stereocenters. The van der Waals surface area contributed by atoms with E-state index in [1.165, 1.54) is 7.11 Å². The first-order chi connectivity index (χ1) is 12.5. The number of para-hydroxylation sites is 1. The zero-order valence-electron chi connectivity index (χ0n) is 16.7. The van der Waals surface area contributed by atoms with Crippen LogP contribution in [0.3, 0.4) is 0 Å². The number of amides is 2. The van der Waals surface area contributed by atoms with Crippen molar-refractivity contribution in [3.8, 4) is 5.75 Å². The van der Waals surface area contributed by atoms with E-state index < -0.39 is 6.04 Å². The quantitative estimate of drug-likeness (QED) is 0.740. The average molecular weight is 398 g/mol. The van der Waals surface area contributed by atoms with Crippen molar-refractivity contribution in [1.29, 1.82) is 0 Å². The molecule has 1 heterocycles. The Labute approximate surface area is 168 Å².